The molecule has 10 rings (SSSR count). The van der Waals surface area contributed by atoms with Gasteiger partial charge in [0.25, 0.3) is 0 Å². The van der Waals surface area contributed by atoms with E-state index in [-0.39, 0.29) is 0 Å². The van der Waals surface area contributed by atoms with E-state index in [0.29, 0.717) is 5.82 Å². The molecule has 4 nitrogen and oxygen atoms in total. The molecule has 0 saturated heterocycles. The van der Waals surface area contributed by atoms with Gasteiger partial charge >= 0.3 is 0 Å². The Balaban J connectivity index is 0.954. The van der Waals surface area contributed by atoms with Crippen molar-refractivity contribution in [1.82, 2.24) is 14.5 Å². The number of fused-ring (bicyclic) bond motifs is 3. The fourth-order valence-corrected chi connectivity index (χ4v) is 8.33. The summed E-state index contributed by atoms with van der Waals surface area (Å²) in [7, 11) is 0. The fourth-order valence-electron chi connectivity index (χ4n) is 8.33. The topological polar surface area (TPSA) is 42.7 Å². The van der Waals surface area contributed by atoms with Crippen LogP contribution in [0.2, 0.25) is 0 Å². The van der Waals surface area contributed by atoms with Crippen LogP contribution in [0.5, 0.6) is 0 Å². The van der Waals surface area contributed by atoms with Crippen molar-refractivity contribution in [3.05, 3.63) is 243 Å². The molecule has 4 heteroatoms. The molecule has 2 aromatic heterocycles. The molecule has 8 aromatic carbocycles. The van der Waals surface area contributed by atoms with Crippen LogP contribution in [0.15, 0.2) is 237 Å². The van der Waals surface area contributed by atoms with Crippen LogP contribution in [0.1, 0.15) is 12.7 Å². The summed E-state index contributed by atoms with van der Waals surface area (Å²) in [6.45, 7) is 5.82. The second-order valence-corrected chi connectivity index (χ2v) is 15.6. The first-order valence-corrected chi connectivity index (χ1v) is 21.3. The summed E-state index contributed by atoms with van der Waals surface area (Å²) in [6.07, 6.45) is 7.64. The Labute approximate surface area is 368 Å². The molecule has 2 heterocycles. The molecule has 0 aliphatic heterocycles. The van der Waals surface area contributed by atoms with E-state index in [2.05, 4.69) is 205 Å². The van der Waals surface area contributed by atoms with Gasteiger partial charge in [0.05, 0.1) is 22.4 Å². The van der Waals surface area contributed by atoms with Crippen molar-refractivity contribution in [3.8, 4) is 61.6 Å². The molecule has 0 fully saturated rings. The molecule has 63 heavy (non-hydrogen) atoms. The number of nitrogens with zero attached hydrogens (tertiary/aromatic N) is 3. The largest absolute Gasteiger partial charge is 0.355 e. The van der Waals surface area contributed by atoms with Gasteiger partial charge in [-0.05, 0) is 94.9 Å². The molecule has 0 amide bonds. The average molecular weight is 809 g/mol. The van der Waals surface area contributed by atoms with Gasteiger partial charge in [0.2, 0.25) is 0 Å². The van der Waals surface area contributed by atoms with Gasteiger partial charge in [-0.2, -0.15) is 0 Å². The number of hydrogen-bond donors (Lipinski definition) is 1. The highest BCUT2D eigenvalue weighted by atomic mass is 15.0. The summed E-state index contributed by atoms with van der Waals surface area (Å²) in [5.41, 5.74) is 17.3. The van der Waals surface area contributed by atoms with Crippen molar-refractivity contribution in [2.45, 2.75) is 6.92 Å². The molecule has 0 bridgehead atoms. The Kier molecular flexibility index (Phi) is 10.7. The molecule has 10 aromatic rings. The Morgan fingerprint density at radius 1 is 0.476 bits per heavy atom. The van der Waals surface area contributed by atoms with Gasteiger partial charge in [0.1, 0.15) is 0 Å². The fraction of sp³-hybridized carbons (Fsp3) is 0.0169. The zero-order chi connectivity index (χ0) is 42.5. The first-order chi connectivity index (χ1) is 31.1. The number of benzene rings is 8. The third kappa shape index (κ3) is 8.02. The van der Waals surface area contributed by atoms with Crippen molar-refractivity contribution in [2.24, 2.45) is 0 Å². The number of para-hydroxylation sites is 2. The maximum Gasteiger partial charge on any atom is 0.156 e. The molecular formula is C59H44N4. The molecule has 0 aliphatic carbocycles. The monoisotopic (exact) mass is 808 g/mol. The highest BCUT2D eigenvalue weighted by Crippen LogP contribution is 2.38. The predicted octanol–water partition coefficient (Wildman–Crippen LogP) is 15.8. The van der Waals surface area contributed by atoms with Crippen molar-refractivity contribution in [3.63, 3.8) is 0 Å². The van der Waals surface area contributed by atoms with E-state index >= 15 is 0 Å². The summed E-state index contributed by atoms with van der Waals surface area (Å²) in [4.78, 5) is 9.95. The summed E-state index contributed by atoms with van der Waals surface area (Å²) >= 11 is 0. The predicted molar refractivity (Wildman–Crippen MR) is 266 cm³/mol. The summed E-state index contributed by atoms with van der Waals surface area (Å²) in [6, 6.07) is 73.2. The minimum absolute atomic E-state index is 0.689. The quantitative estimate of drug-likeness (QED) is 0.132. The molecule has 0 unspecified atom stereocenters. The van der Waals surface area contributed by atoms with E-state index in [0.717, 1.165) is 67.4 Å². The Morgan fingerprint density at radius 2 is 1.05 bits per heavy atom. The van der Waals surface area contributed by atoms with Gasteiger partial charge < -0.3 is 9.88 Å². The number of hydrogen-bond acceptors (Lipinski definition) is 3. The lowest BCUT2D eigenvalue weighted by molar-refractivity contribution is 1.12. The van der Waals surface area contributed by atoms with Crippen molar-refractivity contribution in [2.75, 3.05) is 5.32 Å². The van der Waals surface area contributed by atoms with Gasteiger partial charge in [-0.25, -0.2) is 9.97 Å². The number of nitrogens with one attached hydrogen (secondary N) is 1. The van der Waals surface area contributed by atoms with Crippen LogP contribution < -0.4 is 5.32 Å². The summed E-state index contributed by atoms with van der Waals surface area (Å²) in [5, 5.41) is 6.20. The first kappa shape index (κ1) is 38.8. The zero-order valence-electron chi connectivity index (χ0n) is 35.0. The van der Waals surface area contributed by atoms with Crippen LogP contribution in [0.25, 0.3) is 89.0 Å². The molecule has 1 N–H and O–H groups in total. The lowest BCUT2D eigenvalue weighted by Crippen LogP contribution is -1.98. The zero-order valence-corrected chi connectivity index (χ0v) is 35.0. The van der Waals surface area contributed by atoms with E-state index in [1.807, 2.05) is 43.4 Å². The number of aromatic nitrogens is 3. The van der Waals surface area contributed by atoms with E-state index in [1.54, 1.807) is 6.08 Å². The van der Waals surface area contributed by atoms with Gasteiger partial charge in [-0.15, -0.1) is 0 Å². The van der Waals surface area contributed by atoms with Crippen LogP contribution >= 0.6 is 0 Å². The van der Waals surface area contributed by atoms with Gasteiger partial charge in [-0.3, -0.25) is 0 Å². The number of rotatable bonds is 11. The summed E-state index contributed by atoms with van der Waals surface area (Å²) in [5.74, 6) is 0.689. The summed E-state index contributed by atoms with van der Waals surface area (Å²) < 4.78 is 2.39. The van der Waals surface area contributed by atoms with Gasteiger partial charge in [0.15, 0.2) is 5.82 Å². The highest BCUT2D eigenvalue weighted by Gasteiger charge is 2.15. The molecule has 0 atom stereocenters. The molecule has 0 spiro atoms. The second-order valence-electron chi connectivity index (χ2n) is 15.6. The van der Waals surface area contributed by atoms with Crippen molar-refractivity contribution >= 4 is 38.8 Å². The molecular weight excluding hydrogens is 765 g/mol. The van der Waals surface area contributed by atoms with Gasteiger partial charge in [-0.1, -0.05) is 183 Å². The van der Waals surface area contributed by atoms with Crippen LogP contribution in [-0.4, -0.2) is 14.5 Å². The minimum atomic E-state index is 0.689. The number of anilines is 2. The minimum Gasteiger partial charge on any atom is -0.355 e. The lowest BCUT2D eigenvalue weighted by atomic mass is 9.97. The normalized spacial score (nSPS) is 11.7. The van der Waals surface area contributed by atoms with Crippen molar-refractivity contribution < 1.29 is 0 Å². The van der Waals surface area contributed by atoms with E-state index in [4.69, 9.17) is 9.97 Å². The molecule has 0 radical (unpaired) electrons. The second kappa shape index (κ2) is 17.3. The van der Waals surface area contributed by atoms with Crippen LogP contribution in [0, 0.1) is 0 Å². The third-order valence-electron chi connectivity index (χ3n) is 11.5. The number of allylic oxidation sites excluding steroid dienone is 5. The van der Waals surface area contributed by atoms with Crippen LogP contribution in [-0.2, 0) is 0 Å². The maximum atomic E-state index is 5.01. The SMILES string of the molecule is C=C/C=C\C=C(/C)c1nc(-c2ccccc2)cc(-c2ccc(Nc3ccccc3-c3cccc(-c4ccc5c6ccccc6n(-c6ccc(-c7ccccc7)cc6)c5c4)c3)cc2)n1. The average Bonchev–Trinajstić information content (AvgIpc) is 3.68. The Hall–Kier alpha value is -8.34. The van der Waals surface area contributed by atoms with E-state index in [1.165, 1.54) is 32.9 Å². The molecule has 0 aliphatic rings. The first-order valence-electron chi connectivity index (χ1n) is 21.3. The van der Waals surface area contributed by atoms with E-state index in [9.17, 15) is 0 Å². The maximum absolute atomic E-state index is 5.01. The van der Waals surface area contributed by atoms with Crippen LogP contribution in [0.4, 0.5) is 11.4 Å². The van der Waals surface area contributed by atoms with E-state index < -0.39 is 0 Å². The smallest absolute Gasteiger partial charge is 0.156 e. The third-order valence-corrected chi connectivity index (χ3v) is 11.5. The van der Waals surface area contributed by atoms with Crippen molar-refractivity contribution in [1.29, 1.82) is 0 Å². The lowest BCUT2D eigenvalue weighted by Gasteiger charge is -2.14. The molecule has 300 valence electrons. The van der Waals surface area contributed by atoms with Gasteiger partial charge in [0, 0.05) is 44.5 Å². The highest BCUT2D eigenvalue weighted by molar-refractivity contribution is 6.10. The Bertz CT molecular complexity index is 3300. The van der Waals surface area contributed by atoms with Crippen LogP contribution in [0.3, 0.4) is 0 Å². The molecule has 0 saturated carbocycles. The standard InChI is InChI=1S/C59H44N4/c1-3-4-7-17-41(2)59-61-55(44-20-10-6-11-21-44)40-56(62-59)45-28-33-49(34-29-45)60-54-26-14-12-24-51(54)48-23-16-22-46(38-48)47-32-37-53-52-25-13-15-27-57(52)63(58(53)39-47)50-35-30-43(31-36-50)42-18-8-5-9-19-42/h3-40,60H,1H2,2H3/b7-4-,41-17+. The Morgan fingerprint density at radius 3 is 1.81 bits per heavy atom.